The molecule has 4 fully saturated rings. The highest BCUT2D eigenvalue weighted by molar-refractivity contribution is 6.28. The maximum absolute atomic E-state index is 7.29. The van der Waals surface area contributed by atoms with Gasteiger partial charge in [0.2, 0.25) is 5.28 Å². The van der Waals surface area contributed by atoms with Gasteiger partial charge in [0, 0.05) is 95.7 Å². The number of nitrogens with one attached hydrogen (secondary N) is 2. The Morgan fingerprint density at radius 3 is 0.925 bits per heavy atom. The van der Waals surface area contributed by atoms with E-state index in [1.165, 1.54) is 0 Å². The van der Waals surface area contributed by atoms with Crippen LogP contribution < -0.4 is 19.6 Å². The van der Waals surface area contributed by atoms with Gasteiger partial charge in [-0.15, -0.1) is 15.0 Å². The van der Waals surface area contributed by atoms with Crippen LogP contribution in [0.4, 0.5) is 11.9 Å². The summed E-state index contributed by atoms with van der Waals surface area (Å²) in [5.41, 5.74) is -0.128. The van der Waals surface area contributed by atoms with E-state index in [-0.39, 0.29) is 44.3 Å². The summed E-state index contributed by atoms with van der Waals surface area (Å²) in [6, 6.07) is 1.19. The molecule has 9 nitrogen and oxygen atoms in total. The lowest BCUT2D eigenvalue weighted by atomic mass is 9.73. The van der Waals surface area contributed by atoms with Gasteiger partial charge >= 0.3 is 11.9 Å². The average Bonchev–Trinajstić information content (AvgIpc) is 2.93. The van der Waals surface area contributed by atoms with Crippen molar-refractivity contribution in [2.75, 3.05) is 28.2 Å². The van der Waals surface area contributed by atoms with Crippen molar-refractivity contribution in [2.24, 2.45) is 0 Å². The summed E-state index contributed by atoms with van der Waals surface area (Å²) >= 11 is 7.29. The van der Waals surface area contributed by atoms with Crippen molar-refractivity contribution in [1.82, 2.24) is 44.4 Å². The molecule has 53 heavy (non-hydrogen) atoms. The number of halogens is 1. The number of likely N-dealkylation sites (tertiary alicyclic amines) is 2. The normalized spacial score (nSPS) is 31.4. The van der Waals surface area contributed by atoms with Gasteiger partial charge in [0.05, 0.1) is 38.3 Å². The molecule has 0 aliphatic carbocycles. The number of rotatable bonds is 6. The van der Waals surface area contributed by atoms with Crippen molar-refractivity contribution in [1.29, 1.82) is 0 Å². The molecule has 0 radical (unpaired) electrons. The number of piperidine rings is 4. The van der Waals surface area contributed by atoms with Crippen LogP contribution in [0.1, 0.15) is 162 Å². The molecule has 0 aromatic carbocycles. The molecule has 304 valence electrons. The second-order valence-corrected chi connectivity index (χ2v) is 24.2. The van der Waals surface area contributed by atoms with Crippen LogP contribution in [0.2, 0.25) is 5.28 Å². The second kappa shape index (κ2) is 13.0. The van der Waals surface area contributed by atoms with Gasteiger partial charge in [0.25, 0.3) is 0 Å². The Labute approximate surface area is 331 Å². The van der Waals surface area contributed by atoms with Crippen LogP contribution in [-0.4, -0.2) is 121 Å². The largest absolute Gasteiger partial charge is 0.338 e. The summed E-state index contributed by atoms with van der Waals surface area (Å²) in [5, 5.41) is 8.30. The minimum Gasteiger partial charge on any atom is -0.306 e. The monoisotopic (exact) mass is 760 g/mol. The first-order valence-electron chi connectivity index (χ1n) is 20.8. The molecule has 0 bridgehead atoms. The van der Waals surface area contributed by atoms with E-state index in [1.54, 1.807) is 0 Å². The molecule has 10 heteroatoms. The predicted molar refractivity (Wildman–Crippen MR) is 227 cm³/mol. The Hall–Kier alpha value is -0.940. The van der Waals surface area contributed by atoms with E-state index < -0.39 is 0 Å². The van der Waals surface area contributed by atoms with Gasteiger partial charge in [-0.3, -0.25) is 18.8 Å². The van der Waals surface area contributed by atoms with E-state index in [0.29, 0.717) is 38.4 Å². The van der Waals surface area contributed by atoms with Crippen molar-refractivity contribution < 1.29 is 0 Å². The van der Waals surface area contributed by atoms with Crippen molar-refractivity contribution in [3.05, 3.63) is 5.28 Å². The van der Waals surface area contributed by atoms with Gasteiger partial charge in [-0.05, 0) is 136 Å². The Bertz CT molecular complexity index is 1350. The summed E-state index contributed by atoms with van der Waals surface area (Å²) in [4.78, 5) is 21.6. The smallest absolute Gasteiger partial charge is 0.306 e. The first-order valence-corrected chi connectivity index (χ1v) is 21.2. The minimum absolute atomic E-state index is 0.00562. The average molecular weight is 761 g/mol. The molecular weight excluding hydrogens is 678 g/mol. The molecule has 1 aromatic rings. The molecule has 1 aromatic heterocycles. The number of hydrogen-bond acceptors (Lipinski definition) is 7. The summed E-state index contributed by atoms with van der Waals surface area (Å²) in [6.45, 7) is 38.4. The van der Waals surface area contributed by atoms with E-state index in [1.807, 2.05) is 0 Å². The lowest BCUT2D eigenvalue weighted by Gasteiger charge is -2.60. The second-order valence-electron chi connectivity index (χ2n) is 23.9. The highest BCUT2D eigenvalue weighted by atomic mass is 35.5. The summed E-state index contributed by atoms with van der Waals surface area (Å²) in [5.74, 6) is 1.70. The Morgan fingerprint density at radius 1 is 0.453 bits per heavy atom. The van der Waals surface area contributed by atoms with Crippen LogP contribution in [-0.2, 0) is 0 Å². The molecule has 4 aliphatic rings. The molecule has 5 rings (SSSR count). The summed E-state index contributed by atoms with van der Waals surface area (Å²) in [7, 11) is 9.54. The fourth-order valence-corrected chi connectivity index (χ4v) is 12.9. The van der Waals surface area contributed by atoms with Gasteiger partial charge in [-0.1, -0.05) is 0 Å². The lowest BCUT2D eigenvalue weighted by molar-refractivity contribution is -0.0615. The van der Waals surface area contributed by atoms with E-state index >= 15 is 0 Å². The third-order valence-corrected chi connectivity index (χ3v) is 15.6. The molecule has 2 N–H and O–H groups in total. The van der Waals surface area contributed by atoms with Crippen LogP contribution in [0.3, 0.4) is 0 Å². The molecule has 5 heterocycles. The van der Waals surface area contributed by atoms with Crippen LogP contribution >= 0.6 is 11.6 Å². The molecule has 4 aliphatic heterocycles. The first-order chi connectivity index (χ1) is 23.6. The summed E-state index contributed by atoms with van der Waals surface area (Å²) < 4.78 is 1.33. The van der Waals surface area contributed by atoms with Crippen molar-refractivity contribution in [3.8, 4) is 0 Å². The van der Waals surface area contributed by atoms with E-state index in [9.17, 15) is 0 Å². The quantitative estimate of drug-likeness (QED) is 0.283. The first kappa shape index (κ1) is 43.2. The molecule has 2 atom stereocenters. The predicted octanol–water partition coefficient (Wildman–Crippen LogP) is 8.32. The molecule has 0 saturated carbocycles. The van der Waals surface area contributed by atoms with Crippen LogP contribution in [0.25, 0.3) is 0 Å². The van der Waals surface area contributed by atoms with Gasteiger partial charge in [-0.2, -0.15) is 0 Å². The fraction of sp³-hybridized carbons (Fsp3) is 0.930. The summed E-state index contributed by atoms with van der Waals surface area (Å²) in [6.07, 6.45) is 8.30. The van der Waals surface area contributed by atoms with E-state index in [4.69, 9.17) is 26.6 Å². The van der Waals surface area contributed by atoms with Gasteiger partial charge in [0.15, 0.2) is 0 Å². The molecule has 2 unspecified atom stereocenters. The highest BCUT2D eigenvalue weighted by Gasteiger charge is 2.60. The fourth-order valence-electron chi connectivity index (χ4n) is 12.7. The molecular formula is C43H82ClN9+2. The maximum Gasteiger partial charge on any atom is 0.338 e. The topological polar surface area (TPSA) is 69.2 Å². The number of quaternary nitrogens is 2. The maximum atomic E-state index is 7.29. The standard InChI is InChI=1S/C43H82ClN9/c1-36(2)21-29(22-37(3,4)48-36)52(19,31-25-40(9,10)50(17)41(11,12)26-31)34-45-33(44)46-35(47-34)53(20,30-23-38(5,6)49-39(7,8)24-30)32-27-42(13,14)51(18)43(15,16)28-32/h29-32,48-49H,21-28H2,1-20H3/q+2. The number of nitrogens with zero attached hydrogens (tertiary/aromatic N) is 7. The zero-order chi connectivity index (χ0) is 40.4. The Balaban J connectivity index is 1.78. The van der Waals surface area contributed by atoms with Gasteiger partial charge in [-0.25, -0.2) is 0 Å². The van der Waals surface area contributed by atoms with Crippen LogP contribution in [0, 0.1) is 0 Å². The van der Waals surface area contributed by atoms with Crippen molar-refractivity contribution in [2.45, 2.75) is 231 Å². The van der Waals surface area contributed by atoms with Crippen LogP contribution in [0.5, 0.6) is 0 Å². The third-order valence-electron chi connectivity index (χ3n) is 15.4. The number of aromatic nitrogens is 3. The Kier molecular flexibility index (Phi) is 10.6. The van der Waals surface area contributed by atoms with Crippen LogP contribution in [0.15, 0.2) is 0 Å². The van der Waals surface area contributed by atoms with E-state index in [2.05, 4.69) is 159 Å². The van der Waals surface area contributed by atoms with Crippen molar-refractivity contribution >= 4 is 23.5 Å². The highest BCUT2D eigenvalue weighted by Crippen LogP contribution is 2.49. The SMILES string of the molecule is CN1C(C)(C)CC([N+](C)(c2nc(Cl)nc([N+](C)(C3CC(C)(C)NC(C)(C)C3)C3CC(C)(C)N(C)C(C)(C)C3)n2)C2CC(C)(C)NC(C)(C)C2)CC1(C)C. The zero-order valence-electron chi connectivity index (χ0n) is 38.0. The van der Waals surface area contributed by atoms with Crippen molar-refractivity contribution in [3.63, 3.8) is 0 Å². The molecule has 4 saturated heterocycles. The lowest BCUT2D eigenvalue weighted by Crippen LogP contribution is -2.74. The minimum atomic E-state index is -0.0375. The van der Waals surface area contributed by atoms with Gasteiger partial charge < -0.3 is 10.6 Å². The van der Waals surface area contributed by atoms with E-state index in [0.717, 1.165) is 63.3 Å². The Morgan fingerprint density at radius 2 is 0.679 bits per heavy atom. The molecule has 0 amide bonds. The zero-order valence-corrected chi connectivity index (χ0v) is 38.7. The third kappa shape index (κ3) is 8.12. The number of hydrogen-bond donors (Lipinski definition) is 2. The molecule has 0 spiro atoms. The van der Waals surface area contributed by atoms with Gasteiger partial charge in [0.1, 0.15) is 0 Å².